The van der Waals surface area contributed by atoms with Crippen molar-refractivity contribution in [2.45, 2.75) is 81.7 Å². The maximum absolute atomic E-state index is 12.9. The van der Waals surface area contributed by atoms with E-state index < -0.39 is 10.0 Å². The number of benzene rings is 1. The van der Waals surface area contributed by atoms with E-state index >= 15 is 0 Å². The summed E-state index contributed by atoms with van der Waals surface area (Å²) in [6.07, 6.45) is 9.24. The molecule has 1 amide bonds. The molecule has 0 aromatic heterocycles. The highest BCUT2D eigenvalue weighted by atomic mass is 32.2. The lowest BCUT2D eigenvalue weighted by Gasteiger charge is -2.35. The van der Waals surface area contributed by atoms with Gasteiger partial charge in [0.25, 0.3) is 5.91 Å². The van der Waals surface area contributed by atoms with E-state index in [1.54, 1.807) is 18.2 Å². The monoisotopic (exact) mass is 378 g/mol. The zero-order valence-electron chi connectivity index (χ0n) is 15.6. The van der Waals surface area contributed by atoms with Crippen LogP contribution in [0.4, 0.5) is 0 Å². The van der Waals surface area contributed by atoms with Gasteiger partial charge < -0.3 is 4.90 Å². The van der Waals surface area contributed by atoms with Gasteiger partial charge in [-0.1, -0.05) is 32.3 Å². The van der Waals surface area contributed by atoms with Crippen molar-refractivity contribution in [2.24, 2.45) is 0 Å². The lowest BCUT2D eigenvalue weighted by atomic mass is 9.96. The fourth-order valence-corrected chi connectivity index (χ4v) is 5.51. The molecule has 1 heterocycles. The van der Waals surface area contributed by atoms with Crippen molar-refractivity contribution in [3.63, 3.8) is 0 Å². The quantitative estimate of drug-likeness (QED) is 0.849. The van der Waals surface area contributed by atoms with Crippen LogP contribution in [0.25, 0.3) is 0 Å². The molecule has 1 saturated heterocycles. The summed E-state index contributed by atoms with van der Waals surface area (Å²) in [5.41, 5.74) is 0.469. The smallest absolute Gasteiger partial charge is 0.254 e. The summed E-state index contributed by atoms with van der Waals surface area (Å²) in [4.78, 5) is 15.1. The van der Waals surface area contributed by atoms with Gasteiger partial charge in [0.15, 0.2) is 0 Å². The number of carbonyl (C=O) groups is 1. The Morgan fingerprint density at radius 1 is 1.12 bits per heavy atom. The van der Waals surface area contributed by atoms with Gasteiger partial charge in [-0.3, -0.25) is 4.79 Å². The molecule has 2 fully saturated rings. The Labute approximate surface area is 157 Å². The second-order valence-electron chi connectivity index (χ2n) is 7.54. The molecule has 0 spiro atoms. The number of piperidine rings is 1. The largest absolute Gasteiger partial charge is 0.336 e. The van der Waals surface area contributed by atoms with Crippen molar-refractivity contribution in [3.8, 4) is 0 Å². The van der Waals surface area contributed by atoms with Crippen LogP contribution in [0.3, 0.4) is 0 Å². The predicted molar refractivity (Wildman–Crippen MR) is 103 cm³/mol. The maximum Gasteiger partial charge on any atom is 0.254 e. The average molecular weight is 379 g/mol. The van der Waals surface area contributed by atoms with Crippen LogP contribution in [-0.2, 0) is 10.0 Å². The van der Waals surface area contributed by atoms with E-state index in [1.807, 2.05) is 4.90 Å². The average Bonchev–Trinajstić information content (AvgIpc) is 2.68. The molecule has 1 aromatic rings. The summed E-state index contributed by atoms with van der Waals surface area (Å²) in [5.74, 6) is -0.0498. The van der Waals surface area contributed by atoms with Gasteiger partial charge in [-0.2, -0.15) is 0 Å². The first-order valence-electron chi connectivity index (χ1n) is 9.94. The summed E-state index contributed by atoms with van der Waals surface area (Å²) >= 11 is 0. The Bertz CT molecular complexity index is 726. The van der Waals surface area contributed by atoms with Crippen LogP contribution in [-0.4, -0.2) is 37.9 Å². The third-order valence-corrected chi connectivity index (χ3v) is 7.20. The molecule has 144 valence electrons. The van der Waals surface area contributed by atoms with Gasteiger partial charge in [0, 0.05) is 24.2 Å². The SMILES string of the molecule is CCC1CCCCN1C(=O)c1cccc(S(=O)(=O)NC2CCCCC2)c1. The maximum atomic E-state index is 12.9. The van der Waals surface area contributed by atoms with Crippen LogP contribution < -0.4 is 4.72 Å². The van der Waals surface area contributed by atoms with Crippen LogP contribution in [0.1, 0.15) is 75.1 Å². The van der Waals surface area contributed by atoms with E-state index in [9.17, 15) is 13.2 Å². The molecule has 6 heteroatoms. The van der Waals surface area contributed by atoms with Crippen molar-refractivity contribution in [2.75, 3.05) is 6.54 Å². The van der Waals surface area contributed by atoms with Gasteiger partial charge in [0.05, 0.1) is 4.90 Å². The topological polar surface area (TPSA) is 66.5 Å². The van der Waals surface area contributed by atoms with Crippen LogP contribution >= 0.6 is 0 Å². The molecule has 1 aliphatic carbocycles. The third-order valence-electron chi connectivity index (χ3n) is 5.68. The highest BCUT2D eigenvalue weighted by molar-refractivity contribution is 7.89. The van der Waals surface area contributed by atoms with E-state index in [0.717, 1.165) is 57.9 Å². The number of hydrogen-bond donors (Lipinski definition) is 1. The van der Waals surface area contributed by atoms with Gasteiger partial charge in [-0.15, -0.1) is 0 Å². The fourth-order valence-electron chi connectivity index (χ4n) is 4.16. The van der Waals surface area contributed by atoms with Crippen LogP contribution in [0.15, 0.2) is 29.2 Å². The molecule has 1 atom stereocenters. The zero-order chi connectivity index (χ0) is 18.6. The standard InChI is InChI=1S/C20H30N2O3S/c1-2-18-12-6-7-14-22(18)20(23)16-9-8-13-19(15-16)26(24,25)21-17-10-4-3-5-11-17/h8-9,13,15,17-18,21H,2-7,10-12,14H2,1H3. The van der Waals surface area contributed by atoms with Gasteiger partial charge >= 0.3 is 0 Å². The lowest BCUT2D eigenvalue weighted by Crippen LogP contribution is -2.43. The van der Waals surface area contributed by atoms with Crippen molar-refractivity contribution in [3.05, 3.63) is 29.8 Å². The lowest BCUT2D eigenvalue weighted by molar-refractivity contribution is 0.0608. The second kappa shape index (κ2) is 8.53. The summed E-state index contributed by atoms with van der Waals surface area (Å²) in [6.45, 7) is 2.86. The molecule has 1 aromatic carbocycles. The Balaban J connectivity index is 1.77. The molecule has 1 saturated carbocycles. The number of nitrogens with one attached hydrogen (secondary N) is 1. The molecule has 0 radical (unpaired) electrons. The first-order valence-corrected chi connectivity index (χ1v) is 11.4. The van der Waals surface area contributed by atoms with Crippen LogP contribution in [0.5, 0.6) is 0 Å². The minimum absolute atomic E-state index is 0.0136. The molecule has 3 rings (SSSR count). The number of sulfonamides is 1. The van der Waals surface area contributed by atoms with E-state index in [2.05, 4.69) is 11.6 Å². The second-order valence-corrected chi connectivity index (χ2v) is 9.25. The summed E-state index contributed by atoms with van der Waals surface area (Å²) in [5, 5.41) is 0. The van der Waals surface area contributed by atoms with E-state index in [4.69, 9.17) is 0 Å². The molecule has 1 unspecified atom stereocenters. The number of likely N-dealkylation sites (tertiary alicyclic amines) is 1. The van der Waals surface area contributed by atoms with Gasteiger partial charge in [-0.25, -0.2) is 13.1 Å². The molecular formula is C20H30N2O3S. The number of rotatable bonds is 5. The number of nitrogens with zero attached hydrogens (tertiary/aromatic N) is 1. The first kappa shape index (κ1) is 19.4. The fraction of sp³-hybridized carbons (Fsp3) is 0.650. The van der Waals surface area contributed by atoms with Crippen molar-refractivity contribution in [1.29, 1.82) is 0 Å². The molecule has 5 nitrogen and oxygen atoms in total. The van der Waals surface area contributed by atoms with Crippen molar-refractivity contribution in [1.82, 2.24) is 9.62 Å². The van der Waals surface area contributed by atoms with Crippen LogP contribution in [0, 0.1) is 0 Å². The Morgan fingerprint density at radius 3 is 2.58 bits per heavy atom. The molecular weight excluding hydrogens is 348 g/mol. The third kappa shape index (κ3) is 4.46. The van der Waals surface area contributed by atoms with Gasteiger partial charge in [0.2, 0.25) is 10.0 Å². The highest BCUT2D eigenvalue weighted by Gasteiger charge is 2.27. The molecule has 1 N–H and O–H groups in total. The minimum atomic E-state index is -3.59. The number of carbonyl (C=O) groups excluding carboxylic acids is 1. The summed E-state index contributed by atoms with van der Waals surface area (Å²) in [7, 11) is -3.59. The minimum Gasteiger partial charge on any atom is -0.336 e. The zero-order valence-corrected chi connectivity index (χ0v) is 16.4. The van der Waals surface area contributed by atoms with Crippen LogP contribution in [0.2, 0.25) is 0 Å². The highest BCUT2D eigenvalue weighted by Crippen LogP contribution is 2.24. The Kier molecular flexibility index (Phi) is 6.35. The van der Waals surface area contributed by atoms with Crippen molar-refractivity contribution < 1.29 is 13.2 Å². The van der Waals surface area contributed by atoms with Crippen molar-refractivity contribution >= 4 is 15.9 Å². The first-order chi connectivity index (χ1) is 12.5. The molecule has 2 aliphatic rings. The van der Waals surface area contributed by atoms with Gasteiger partial charge in [0.1, 0.15) is 0 Å². The van der Waals surface area contributed by atoms with E-state index in [-0.39, 0.29) is 22.9 Å². The van der Waals surface area contributed by atoms with Gasteiger partial charge in [-0.05, 0) is 56.7 Å². The number of hydrogen-bond acceptors (Lipinski definition) is 3. The molecule has 1 aliphatic heterocycles. The predicted octanol–water partition coefficient (Wildman–Crippen LogP) is 3.70. The summed E-state index contributed by atoms with van der Waals surface area (Å²) < 4.78 is 28.3. The number of amides is 1. The Morgan fingerprint density at radius 2 is 1.85 bits per heavy atom. The summed E-state index contributed by atoms with van der Waals surface area (Å²) in [6, 6.07) is 6.79. The van der Waals surface area contributed by atoms with E-state index in [0.29, 0.717) is 5.56 Å². The Hall–Kier alpha value is -1.40. The molecule has 26 heavy (non-hydrogen) atoms. The normalized spacial score (nSPS) is 22.3. The molecule has 0 bridgehead atoms. The van der Waals surface area contributed by atoms with E-state index in [1.165, 1.54) is 12.5 Å².